The molecule has 24 nitrogen and oxygen atoms in total. The maximum Gasteiger partial charge on any atom is 0.284 e. The van der Waals surface area contributed by atoms with Gasteiger partial charge in [0.15, 0.2) is 15.1 Å². The molecule has 0 amide bonds. The summed E-state index contributed by atoms with van der Waals surface area (Å²) in [5, 5.41) is 35.6. The van der Waals surface area contributed by atoms with Crippen LogP contribution >= 0.6 is 0 Å². The Morgan fingerprint density at radius 1 is 0.633 bits per heavy atom. The molecule has 0 radical (unpaired) electrons. The monoisotopic (exact) mass is 432 g/mol. The third kappa shape index (κ3) is 9.21. The van der Waals surface area contributed by atoms with Crippen molar-refractivity contribution in [1.82, 2.24) is 31.2 Å². The van der Waals surface area contributed by atoms with Gasteiger partial charge in [0, 0.05) is 0 Å². The van der Waals surface area contributed by atoms with E-state index in [0.717, 1.165) is 0 Å². The van der Waals surface area contributed by atoms with Gasteiger partial charge in [0.05, 0.1) is 0 Å². The third-order valence-corrected chi connectivity index (χ3v) is 2.11. The number of anilines is 3. The number of hydrazone groups is 3. The Labute approximate surface area is 162 Å². The Morgan fingerprint density at radius 3 is 1.07 bits per heavy atom. The van der Waals surface area contributed by atoms with Crippen LogP contribution in [0.4, 0.5) is 17.8 Å². The van der Waals surface area contributed by atoms with Gasteiger partial charge in [-0.15, -0.1) is 0 Å². The van der Waals surface area contributed by atoms with Gasteiger partial charge in [-0.05, 0) is 0 Å². The average molecular weight is 432 g/mol. The van der Waals surface area contributed by atoms with Crippen LogP contribution in [-0.4, -0.2) is 47.9 Å². The second-order valence-electron chi connectivity index (χ2n) is 4.23. The summed E-state index contributed by atoms with van der Waals surface area (Å²) in [5.41, 5.74) is 28.5. The summed E-state index contributed by atoms with van der Waals surface area (Å²) >= 11 is 0. The maximum atomic E-state index is 10.2. The predicted octanol–water partition coefficient (Wildman–Crippen LogP) is -4.86. The first kappa shape index (κ1) is 22.5. The quantitative estimate of drug-likeness (QED) is 0.0763. The zero-order valence-electron chi connectivity index (χ0n) is 14.2. The molecule has 1 aromatic rings. The van der Waals surface area contributed by atoms with Crippen molar-refractivity contribution in [2.24, 2.45) is 32.5 Å². The molecule has 12 N–H and O–H groups in total. The van der Waals surface area contributed by atoms with Crippen molar-refractivity contribution in [2.45, 2.75) is 0 Å². The minimum absolute atomic E-state index is 0.352. The van der Waals surface area contributed by atoms with Gasteiger partial charge in [0.25, 0.3) is 17.9 Å². The summed E-state index contributed by atoms with van der Waals surface area (Å²) in [6.45, 7) is 0. The van der Waals surface area contributed by atoms with Gasteiger partial charge in [-0.2, -0.15) is 15.0 Å². The van der Waals surface area contributed by atoms with Gasteiger partial charge < -0.3 is 17.2 Å². The Hall–Kier alpha value is -5.58. The number of rotatable bonds is 9. The summed E-state index contributed by atoms with van der Waals surface area (Å²) < 4.78 is 0. The van der Waals surface area contributed by atoms with Crippen LogP contribution in [0.2, 0.25) is 0 Å². The molecule has 0 spiro atoms. The van der Waals surface area contributed by atoms with Crippen LogP contribution in [0.5, 0.6) is 0 Å². The molecule has 0 saturated heterocycles. The number of hydrogen-bond acceptors (Lipinski definition) is 12. The van der Waals surface area contributed by atoms with Gasteiger partial charge in [-0.25, -0.2) is 30.3 Å². The van der Waals surface area contributed by atoms with Crippen molar-refractivity contribution >= 4 is 35.7 Å². The molecule has 162 valence electrons. The molecule has 0 bridgehead atoms. The number of nitrogens with one attached hydrogen (secondary N) is 6. The summed E-state index contributed by atoms with van der Waals surface area (Å²) in [6.07, 6.45) is 0. The predicted molar refractivity (Wildman–Crippen MR) is 96.0 cm³/mol. The molecule has 0 aliphatic heterocycles. The lowest BCUT2D eigenvalue weighted by Gasteiger charge is -2.11. The molecule has 0 aliphatic rings. The number of hydrogen-bond donors (Lipinski definition) is 9. The van der Waals surface area contributed by atoms with E-state index >= 15 is 0 Å². The molecule has 0 saturated carbocycles. The fourth-order valence-corrected chi connectivity index (χ4v) is 1.24. The highest BCUT2D eigenvalue weighted by atomic mass is 16.7. The van der Waals surface area contributed by atoms with Gasteiger partial charge >= 0.3 is 0 Å². The molecule has 24 heteroatoms. The minimum atomic E-state index is -1.08. The van der Waals surface area contributed by atoms with Gasteiger partial charge in [0.1, 0.15) is 15.3 Å². The molecular weight excluding hydrogens is 420 g/mol. The zero-order valence-corrected chi connectivity index (χ0v) is 14.2. The highest BCUT2D eigenvalue weighted by Gasteiger charge is 2.09. The molecule has 0 unspecified atom stereocenters. The second-order valence-corrected chi connectivity index (χ2v) is 4.23. The third-order valence-electron chi connectivity index (χ3n) is 2.11. The molecule has 1 rings (SSSR count). The van der Waals surface area contributed by atoms with Gasteiger partial charge in [0.2, 0.25) is 17.8 Å². The number of nitro groups is 3. The first-order valence-electron chi connectivity index (χ1n) is 6.82. The van der Waals surface area contributed by atoms with E-state index in [1.807, 2.05) is 0 Å². The van der Waals surface area contributed by atoms with E-state index in [1.165, 1.54) is 0 Å². The van der Waals surface area contributed by atoms with Crippen LogP contribution in [0.15, 0.2) is 15.3 Å². The van der Waals surface area contributed by atoms with Crippen molar-refractivity contribution in [3.63, 3.8) is 0 Å². The van der Waals surface area contributed by atoms with Crippen LogP contribution in [-0.2, 0) is 0 Å². The van der Waals surface area contributed by atoms with E-state index in [9.17, 15) is 30.3 Å². The molecule has 0 aliphatic carbocycles. The second kappa shape index (κ2) is 10.5. The van der Waals surface area contributed by atoms with Crippen LogP contribution in [0.25, 0.3) is 0 Å². The first-order valence-corrected chi connectivity index (χ1v) is 6.82. The normalized spacial score (nSPS) is 11.8. The van der Waals surface area contributed by atoms with Crippen LogP contribution in [0.3, 0.4) is 0 Å². The summed E-state index contributed by atoms with van der Waals surface area (Å²) in [6, 6.07) is 0. The zero-order chi connectivity index (χ0) is 22.7. The molecule has 0 aromatic carbocycles. The molecule has 1 aromatic heterocycles. The van der Waals surface area contributed by atoms with Crippen LogP contribution in [0.1, 0.15) is 0 Å². The van der Waals surface area contributed by atoms with E-state index < -0.39 is 33.0 Å². The lowest BCUT2D eigenvalue weighted by Crippen LogP contribution is -2.40. The number of aromatic nitrogens is 3. The van der Waals surface area contributed by atoms with E-state index in [1.54, 1.807) is 0 Å². The minimum Gasteiger partial charge on any atom is -0.363 e. The fourth-order valence-electron chi connectivity index (χ4n) is 1.24. The highest BCUT2D eigenvalue weighted by Crippen LogP contribution is 2.07. The maximum absolute atomic E-state index is 10.2. The average Bonchev–Trinajstić information content (AvgIpc) is 2.61. The largest absolute Gasteiger partial charge is 0.363 e. The molecule has 1 heterocycles. The van der Waals surface area contributed by atoms with E-state index in [4.69, 9.17) is 17.2 Å². The Bertz CT molecular complexity index is 767. The lowest BCUT2D eigenvalue weighted by atomic mass is 10.8. The van der Waals surface area contributed by atoms with Gasteiger partial charge in [-0.3, -0.25) is 32.6 Å². The van der Waals surface area contributed by atoms with Crippen molar-refractivity contribution in [2.75, 3.05) is 16.3 Å². The SMILES string of the molecule is N/C(=N\[N+](=O)[O-])NNc1nc(NN/C(N)=N/[N+](=O)[O-])nc(NN/C(N)=N/[N+](=O)[O-])n1. The van der Waals surface area contributed by atoms with Crippen LogP contribution < -0.4 is 49.8 Å². The molecule has 0 fully saturated rings. The van der Waals surface area contributed by atoms with E-state index in [0.29, 0.717) is 0 Å². The number of hydrazine groups is 3. The first-order chi connectivity index (χ1) is 14.0. The smallest absolute Gasteiger partial charge is 0.284 e. The summed E-state index contributed by atoms with van der Waals surface area (Å²) in [7, 11) is 0. The van der Waals surface area contributed by atoms with Crippen molar-refractivity contribution in [3.8, 4) is 0 Å². The Kier molecular flexibility index (Phi) is 7.89. The fraction of sp³-hybridized carbons (Fsp3) is 0. The van der Waals surface area contributed by atoms with Crippen molar-refractivity contribution in [1.29, 1.82) is 0 Å². The molecule has 30 heavy (non-hydrogen) atoms. The molecule has 0 atom stereocenters. The number of nitrogens with two attached hydrogens (primary N) is 3. The lowest BCUT2D eigenvalue weighted by molar-refractivity contribution is -0.485. The van der Waals surface area contributed by atoms with Crippen LogP contribution in [0, 0.1) is 30.3 Å². The van der Waals surface area contributed by atoms with E-state index in [-0.39, 0.29) is 17.8 Å². The summed E-state index contributed by atoms with van der Waals surface area (Å²) in [5.74, 6) is -3.08. The summed E-state index contributed by atoms with van der Waals surface area (Å²) in [4.78, 5) is 41.9. The van der Waals surface area contributed by atoms with E-state index in [2.05, 4.69) is 62.8 Å². The highest BCUT2D eigenvalue weighted by molar-refractivity contribution is 5.79. The standard InChI is InChI=1S/C6H12N18O6/c7-1(19-22(25)26)13-16-4-10-5(17-14-2(8)20-23(27)28)12-6(11-4)18-15-3(9)21-24(29)30/h(H3,7,13,19)(H3,8,14,20)(H3,9,15,21)(H3,10,11,12,16,17,18). The number of guanidine groups is 3. The van der Waals surface area contributed by atoms with Crippen molar-refractivity contribution < 1.29 is 15.1 Å². The van der Waals surface area contributed by atoms with Crippen molar-refractivity contribution in [3.05, 3.63) is 30.3 Å². The Balaban J connectivity index is 3.00. The van der Waals surface area contributed by atoms with Gasteiger partial charge in [-0.1, -0.05) is 0 Å². The number of nitrogens with zero attached hydrogens (tertiary/aromatic N) is 9. The Morgan fingerprint density at radius 2 is 0.867 bits per heavy atom. The topological polar surface area (TPSA) is 355 Å². The molecular formula is C6H12N18O6.